The topological polar surface area (TPSA) is 0 Å². The highest BCUT2D eigenvalue weighted by Gasteiger charge is 2.31. The van der Waals surface area contributed by atoms with Gasteiger partial charge in [0.2, 0.25) is 0 Å². The summed E-state index contributed by atoms with van der Waals surface area (Å²) in [6, 6.07) is 9.24. The van der Waals surface area contributed by atoms with Crippen molar-refractivity contribution in [2.45, 2.75) is 25.9 Å². The van der Waals surface area contributed by atoms with E-state index in [0.29, 0.717) is 5.66 Å². The van der Waals surface area contributed by atoms with Crippen molar-refractivity contribution in [2.24, 2.45) is 0 Å². The van der Waals surface area contributed by atoms with Crippen molar-refractivity contribution >= 4 is 23.1 Å². The molecule has 0 nitrogen and oxygen atoms in total. The fraction of sp³-hybridized carbons (Fsp3) is 0.333. The lowest BCUT2D eigenvalue weighted by atomic mass is 10.3. The molecular weight excluding hydrogens is 207 g/mol. The van der Waals surface area contributed by atoms with Crippen molar-refractivity contribution in [3.05, 3.63) is 41.7 Å². The summed E-state index contributed by atoms with van der Waals surface area (Å²) in [6.07, 6.45) is 3.50. The van der Waals surface area contributed by atoms with Gasteiger partial charge in [-0.1, -0.05) is 55.1 Å². The summed E-state index contributed by atoms with van der Waals surface area (Å²) in [5.74, 6) is 0. The predicted octanol–water partition coefficient (Wildman–Crippen LogP) is 3.49. The summed E-state index contributed by atoms with van der Waals surface area (Å²) < 4.78 is 0. The van der Waals surface area contributed by atoms with Crippen LogP contribution >= 0.6 is 6.04 Å². The molecule has 1 heterocycles. The standard InChI is InChI=1S/C12H15PS/c1-10-8-9-11(2)13(10,14)12-6-4-3-5-7-12/h3-8,11H,9H2,1-2H3/t11-,13+/m1/s1. The Morgan fingerprint density at radius 3 is 2.43 bits per heavy atom. The van der Waals surface area contributed by atoms with Crippen LogP contribution in [0.1, 0.15) is 20.3 Å². The highest BCUT2D eigenvalue weighted by Crippen LogP contribution is 2.62. The van der Waals surface area contributed by atoms with E-state index in [4.69, 9.17) is 11.8 Å². The van der Waals surface area contributed by atoms with E-state index in [-0.39, 0.29) is 0 Å². The van der Waals surface area contributed by atoms with Gasteiger partial charge in [-0.2, -0.15) is 0 Å². The average Bonchev–Trinajstić information content (AvgIpc) is 2.49. The minimum Gasteiger partial charge on any atom is -0.0877 e. The van der Waals surface area contributed by atoms with Crippen LogP contribution in [0.5, 0.6) is 0 Å². The molecule has 74 valence electrons. The van der Waals surface area contributed by atoms with E-state index in [2.05, 4.69) is 50.3 Å². The number of allylic oxidation sites excluding steroid dienone is 2. The van der Waals surface area contributed by atoms with E-state index < -0.39 is 6.04 Å². The molecule has 0 spiro atoms. The number of hydrogen-bond donors (Lipinski definition) is 0. The highest BCUT2D eigenvalue weighted by molar-refractivity contribution is 8.20. The predicted molar refractivity (Wildman–Crippen MR) is 68.2 cm³/mol. The lowest BCUT2D eigenvalue weighted by Gasteiger charge is -2.24. The Morgan fingerprint density at radius 1 is 1.29 bits per heavy atom. The number of benzene rings is 1. The van der Waals surface area contributed by atoms with Crippen LogP contribution in [0.25, 0.3) is 0 Å². The van der Waals surface area contributed by atoms with Crippen molar-refractivity contribution in [3.63, 3.8) is 0 Å². The Morgan fingerprint density at radius 2 is 1.93 bits per heavy atom. The van der Waals surface area contributed by atoms with Gasteiger partial charge in [0.15, 0.2) is 0 Å². The van der Waals surface area contributed by atoms with Gasteiger partial charge in [0, 0.05) is 6.04 Å². The summed E-state index contributed by atoms with van der Waals surface area (Å²) in [5.41, 5.74) is 0.653. The number of hydrogen-bond acceptors (Lipinski definition) is 1. The minimum absolute atomic E-state index is 0.653. The van der Waals surface area contributed by atoms with Gasteiger partial charge in [0.1, 0.15) is 0 Å². The Labute approximate surface area is 91.0 Å². The third kappa shape index (κ3) is 1.39. The van der Waals surface area contributed by atoms with E-state index in [0.717, 1.165) is 6.42 Å². The Bertz CT molecular complexity index is 406. The molecular formula is C12H15PS. The van der Waals surface area contributed by atoms with E-state index in [9.17, 15) is 0 Å². The van der Waals surface area contributed by atoms with Crippen LogP contribution in [0.3, 0.4) is 0 Å². The second kappa shape index (κ2) is 3.64. The quantitative estimate of drug-likeness (QED) is 0.655. The van der Waals surface area contributed by atoms with E-state index >= 15 is 0 Å². The van der Waals surface area contributed by atoms with E-state index in [1.807, 2.05) is 0 Å². The van der Waals surface area contributed by atoms with Gasteiger partial charge < -0.3 is 0 Å². The number of rotatable bonds is 1. The lowest BCUT2D eigenvalue weighted by Crippen LogP contribution is -2.10. The fourth-order valence-corrected chi connectivity index (χ4v) is 5.93. The van der Waals surface area contributed by atoms with Crippen molar-refractivity contribution in [3.8, 4) is 0 Å². The zero-order valence-electron chi connectivity index (χ0n) is 8.60. The molecule has 1 aromatic carbocycles. The fourth-order valence-electron chi connectivity index (χ4n) is 2.08. The van der Waals surface area contributed by atoms with Crippen molar-refractivity contribution < 1.29 is 0 Å². The van der Waals surface area contributed by atoms with Gasteiger partial charge in [0.05, 0.1) is 0 Å². The van der Waals surface area contributed by atoms with Gasteiger partial charge in [-0.05, 0) is 29.6 Å². The van der Waals surface area contributed by atoms with Crippen LogP contribution in [0.2, 0.25) is 0 Å². The molecule has 1 aliphatic rings. The molecule has 1 aromatic rings. The van der Waals surface area contributed by atoms with Gasteiger partial charge >= 0.3 is 0 Å². The van der Waals surface area contributed by atoms with Crippen molar-refractivity contribution in [1.29, 1.82) is 0 Å². The van der Waals surface area contributed by atoms with Gasteiger partial charge in [0.25, 0.3) is 0 Å². The smallest absolute Gasteiger partial charge is 0.00908 e. The zero-order chi connectivity index (χ0) is 10.2. The second-order valence-corrected chi connectivity index (χ2v) is 9.07. The third-order valence-electron chi connectivity index (χ3n) is 3.04. The molecule has 0 saturated heterocycles. The van der Waals surface area contributed by atoms with Crippen LogP contribution in [-0.4, -0.2) is 5.66 Å². The van der Waals surface area contributed by atoms with Crippen molar-refractivity contribution in [2.75, 3.05) is 0 Å². The molecule has 1 aliphatic heterocycles. The lowest BCUT2D eigenvalue weighted by molar-refractivity contribution is 0.990. The molecule has 0 saturated carbocycles. The average molecular weight is 222 g/mol. The van der Waals surface area contributed by atoms with Gasteiger partial charge in [-0.15, -0.1) is 0 Å². The summed E-state index contributed by atoms with van der Waals surface area (Å²) in [6.45, 7) is 4.50. The van der Waals surface area contributed by atoms with Crippen LogP contribution in [0.15, 0.2) is 41.7 Å². The largest absolute Gasteiger partial charge is 0.0877 e. The molecule has 0 unspecified atom stereocenters. The van der Waals surface area contributed by atoms with Crippen LogP contribution in [0, 0.1) is 0 Å². The molecule has 0 radical (unpaired) electrons. The third-order valence-corrected chi connectivity index (χ3v) is 9.36. The van der Waals surface area contributed by atoms with Gasteiger partial charge in [-0.3, -0.25) is 0 Å². The summed E-state index contributed by atoms with van der Waals surface area (Å²) in [7, 11) is 0. The highest BCUT2D eigenvalue weighted by atomic mass is 32.4. The molecule has 14 heavy (non-hydrogen) atoms. The van der Waals surface area contributed by atoms with E-state index in [1.54, 1.807) is 0 Å². The summed E-state index contributed by atoms with van der Waals surface area (Å²) in [5, 5.41) is 2.83. The summed E-state index contributed by atoms with van der Waals surface area (Å²) in [4.78, 5) is 0. The molecule has 2 rings (SSSR count). The first-order valence-corrected chi connectivity index (χ1v) is 7.85. The first-order valence-electron chi connectivity index (χ1n) is 4.98. The maximum absolute atomic E-state index is 5.92. The Hall–Kier alpha value is -0.390. The molecule has 0 amide bonds. The van der Waals surface area contributed by atoms with Crippen molar-refractivity contribution in [1.82, 2.24) is 0 Å². The molecule has 0 aromatic heterocycles. The normalized spacial score (nSPS) is 31.6. The van der Waals surface area contributed by atoms with Crippen LogP contribution in [-0.2, 0) is 11.8 Å². The molecule has 2 heteroatoms. The molecule has 0 bridgehead atoms. The summed E-state index contributed by atoms with van der Waals surface area (Å²) >= 11 is 5.92. The monoisotopic (exact) mass is 222 g/mol. The Kier molecular flexibility index (Phi) is 2.64. The van der Waals surface area contributed by atoms with Gasteiger partial charge in [-0.25, -0.2) is 0 Å². The molecule has 0 fully saturated rings. The SMILES string of the molecule is CC1=CC[C@@H](C)[P@]1(=S)c1ccccc1. The minimum atomic E-state index is -1.41. The first kappa shape index (κ1) is 10.1. The molecule has 0 aliphatic carbocycles. The maximum atomic E-state index is 5.92. The zero-order valence-corrected chi connectivity index (χ0v) is 10.3. The first-order chi connectivity index (χ1) is 6.65. The second-order valence-electron chi connectivity index (χ2n) is 3.92. The molecule has 2 atom stereocenters. The maximum Gasteiger partial charge on any atom is 0.00908 e. The Balaban J connectivity index is 2.53. The van der Waals surface area contributed by atoms with E-state index in [1.165, 1.54) is 10.6 Å². The molecule has 0 N–H and O–H groups in total. The van der Waals surface area contributed by atoms with Crippen LogP contribution < -0.4 is 5.30 Å². The van der Waals surface area contributed by atoms with Crippen LogP contribution in [0.4, 0.5) is 0 Å².